The SMILES string of the molecule is COc1ccc2c(C)c(C(N)c3sccc3C)oc2c1. The highest BCUT2D eigenvalue weighted by molar-refractivity contribution is 7.10. The van der Waals surface area contributed by atoms with Crippen LogP contribution in [0.5, 0.6) is 5.75 Å². The molecule has 2 N–H and O–H groups in total. The number of furan rings is 1. The molecule has 0 saturated heterocycles. The van der Waals surface area contributed by atoms with Gasteiger partial charge in [0.25, 0.3) is 0 Å². The first-order chi connectivity index (χ1) is 9.61. The van der Waals surface area contributed by atoms with Crippen LogP contribution in [0.2, 0.25) is 0 Å². The van der Waals surface area contributed by atoms with Crippen LogP contribution in [-0.2, 0) is 0 Å². The molecular weight excluding hydrogens is 270 g/mol. The minimum Gasteiger partial charge on any atom is -0.497 e. The van der Waals surface area contributed by atoms with Crippen LogP contribution in [0.1, 0.15) is 27.8 Å². The topological polar surface area (TPSA) is 48.4 Å². The molecule has 2 aromatic heterocycles. The molecule has 1 unspecified atom stereocenters. The quantitative estimate of drug-likeness (QED) is 0.786. The van der Waals surface area contributed by atoms with Crippen molar-refractivity contribution < 1.29 is 9.15 Å². The molecule has 3 aromatic rings. The Balaban J connectivity index is 2.12. The van der Waals surface area contributed by atoms with Crippen molar-refractivity contribution in [2.45, 2.75) is 19.9 Å². The van der Waals surface area contributed by atoms with E-state index in [1.54, 1.807) is 18.4 Å². The van der Waals surface area contributed by atoms with Gasteiger partial charge in [0.2, 0.25) is 0 Å². The van der Waals surface area contributed by atoms with E-state index in [0.29, 0.717) is 0 Å². The van der Waals surface area contributed by atoms with Crippen molar-refractivity contribution in [1.82, 2.24) is 0 Å². The first kappa shape index (κ1) is 13.2. The van der Waals surface area contributed by atoms with Gasteiger partial charge in [-0.05, 0) is 43.0 Å². The maximum absolute atomic E-state index is 6.38. The van der Waals surface area contributed by atoms with Crippen molar-refractivity contribution in [3.8, 4) is 5.75 Å². The number of methoxy groups -OCH3 is 1. The fraction of sp³-hybridized carbons (Fsp3) is 0.250. The molecule has 2 heterocycles. The molecule has 0 fully saturated rings. The van der Waals surface area contributed by atoms with Crippen LogP contribution in [0, 0.1) is 13.8 Å². The highest BCUT2D eigenvalue weighted by atomic mass is 32.1. The molecule has 20 heavy (non-hydrogen) atoms. The van der Waals surface area contributed by atoms with E-state index >= 15 is 0 Å². The summed E-state index contributed by atoms with van der Waals surface area (Å²) in [6.07, 6.45) is 0. The van der Waals surface area contributed by atoms with Gasteiger partial charge in [0, 0.05) is 21.9 Å². The van der Waals surface area contributed by atoms with Gasteiger partial charge in [-0.1, -0.05) is 0 Å². The van der Waals surface area contributed by atoms with E-state index in [4.69, 9.17) is 14.9 Å². The molecule has 0 aliphatic carbocycles. The van der Waals surface area contributed by atoms with E-state index in [-0.39, 0.29) is 6.04 Å². The lowest BCUT2D eigenvalue weighted by atomic mass is 10.1. The molecule has 0 spiro atoms. The van der Waals surface area contributed by atoms with E-state index < -0.39 is 0 Å². The summed E-state index contributed by atoms with van der Waals surface area (Å²) in [4.78, 5) is 1.15. The smallest absolute Gasteiger partial charge is 0.138 e. The van der Waals surface area contributed by atoms with Crippen LogP contribution in [-0.4, -0.2) is 7.11 Å². The first-order valence-electron chi connectivity index (χ1n) is 6.48. The number of fused-ring (bicyclic) bond motifs is 1. The third kappa shape index (κ3) is 2.01. The summed E-state index contributed by atoms with van der Waals surface area (Å²) in [6.45, 7) is 4.13. The van der Waals surface area contributed by atoms with E-state index in [2.05, 4.69) is 25.3 Å². The van der Waals surface area contributed by atoms with Gasteiger partial charge < -0.3 is 14.9 Å². The van der Waals surface area contributed by atoms with Crippen molar-refractivity contribution in [3.05, 3.63) is 51.4 Å². The van der Waals surface area contributed by atoms with Crippen LogP contribution in [0.3, 0.4) is 0 Å². The Bertz CT molecular complexity index is 757. The van der Waals surface area contributed by atoms with E-state index in [0.717, 1.165) is 32.9 Å². The number of ether oxygens (including phenoxy) is 1. The molecule has 0 radical (unpaired) electrons. The molecule has 3 nitrogen and oxygen atoms in total. The average molecular weight is 287 g/mol. The first-order valence-corrected chi connectivity index (χ1v) is 7.36. The van der Waals surface area contributed by atoms with Crippen molar-refractivity contribution >= 4 is 22.3 Å². The van der Waals surface area contributed by atoms with Gasteiger partial charge in [-0.25, -0.2) is 0 Å². The van der Waals surface area contributed by atoms with Gasteiger partial charge in [0.05, 0.1) is 13.2 Å². The second kappa shape index (κ2) is 4.96. The number of thiophene rings is 1. The maximum atomic E-state index is 6.38. The molecule has 3 rings (SSSR count). The zero-order valence-corrected chi connectivity index (χ0v) is 12.6. The molecule has 1 aromatic carbocycles. The van der Waals surface area contributed by atoms with Gasteiger partial charge >= 0.3 is 0 Å². The fourth-order valence-corrected chi connectivity index (χ4v) is 3.40. The largest absolute Gasteiger partial charge is 0.497 e. The third-order valence-electron chi connectivity index (χ3n) is 3.65. The van der Waals surface area contributed by atoms with Crippen LogP contribution < -0.4 is 10.5 Å². The zero-order chi connectivity index (χ0) is 14.3. The minimum atomic E-state index is -0.214. The van der Waals surface area contributed by atoms with Gasteiger partial charge in [0.15, 0.2) is 0 Å². The lowest BCUT2D eigenvalue weighted by Gasteiger charge is -2.09. The van der Waals surface area contributed by atoms with Crippen LogP contribution in [0.4, 0.5) is 0 Å². The monoisotopic (exact) mass is 287 g/mol. The average Bonchev–Trinajstić information content (AvgIpc) is 3.02. The molecule has 0 saturated carbocycles. The highest BCUT2D eigenvalue weighted by Gasteiger charge is 2.21. The Morgan fingerprint density at radius 1 is 1.25 bits per heavy atom. The normalized spacial score (nSPS) is 12.8. The summed E-state index contributed by atoms with van der Waals surface area (Å²) in [5.41, 5.74) is 9.51. The third-order valence-corrected chi connectivity index (χ3v) is 4.75. The molecule has 0 amide bonds. The van der Waals surface area contributed by atoms with Crippen molar-refractivity contribution in [1.29, 1.82) is 0 Å². The van der Waals surface area contributed by atoms with Gasteiger partial charge in [0.1, 0.15) is 17.1 Å². The van der Waals surface area contributed by atoms with E-state index in [9.17, 15) is 0 Å². The second-order valence-corrected chi connectivity index (χ2v) is 5.85. The molecule has 0 aliphatic heterocycles. The number of hydrogen-bond donors (Lipinski definition) is 1. The Hall–Kier alpha value is -1.78. The Kier molecular flexibility index (Phi) is 3.28. The minimum absolute atomic E-state index is 0.214. The molecule has 0 bridgehead atoms. The van der Waals surface area contributed by atoms with Crippen molar-refractivity contribution in [2.75, 3.05) is 7.11 Å². The number of aryl methyl sites for hydroxylation is 2. The van der Waals surface area contributed by atoms with Crippen LogP contribution in [0.25, 0.3) is 11.0 Å². The number of nitrogens with two attached hydrogens (primary N) is 1. The molecule has 4 heteroatoms. The summed E-state index contributed by atoms with van der Waals surface area (Å²) >= 11 is 1.67. The lowest BCUT2D eigenvalue weighted by molar-refractivity contribution is 0.414. The zero-order valence-electron chi connectivity index (χ0n) is 11.8. The Morgan fingerprint density at radius 2 is 2.05 bits per heavy atom. The fourth-order valence-electron chi connectivity index (χ4n) is 2.47. The van der Waals surface area contributed by atoms with Gasteiger partial charge in [-0.2, -0.15) is 0 Å². The van der Waals surface area contributed by atoms with Crippen LogP contribution >= 0.6 is 11.3 Å². The standard InChI is InChI=1S/C16H17NO2S/c1-9-6-7-20-16(9)14(17)15-10(2)12-5-4-11(18-3)8-13(12)19-15/h4-8,14H,17H2,1-3H3. The van der Waals surface area contributed by atoms with E-state index in [1.165, 1.54) is 5.56 Å². The maximum Gasteiger partial charge on any atom is 0.138 e. The summed E-state index contributed by atoms with van der Waals surface area (Å²) in [6, 6.07) is 7.73. The predicted octanol–water partition coefficient (Wildman–Crippen LogP) is 4.17. The van der Waals surface area contributed by atoms with Gasteiger partial charge in [-0.15, -0.1) is 11.3 Å². The van der Waals surface area contributed by atoms with Crippen LogP contribution in [0.15, 0.2) is 34.1 Å². The summed E-state index contributed by atoms with van der Waals surface area (Å²) < 4.78 is 11.2. The number of benzene rings is 1. The van der Waals surface area contributed by atoms with Crippen molar-refractivity contribution in [3.63, 3.8) is 0 Å². The number of hydrogen-bond acceptors (Lipinski definition) is 4. The molecule has 104 valence electrons. The number of rotatable bonds is 3. The van der Waals surface area contributed by atoms with Crippen molar-refractivity contribution in [2.24, 2.45) is 5.73 Å². The second-order valence-electron chi connectivity index (χ2n) is 4.90. The summed E-state index contributed by atoms with van der Waals surface area (Å²) in [5, 5.41) is 3.15. The predicted molar refractivity (Wildman–Crippen MR) is 82.6 cm³/mol. The Morgan fingerprint density at radius 3 is 2.70 bits per heavy atom. The molecule has 0 aliphatic rings. The molecular formula is C16H17NO2S. The van der Waals surface area contributed by atoms with E-state index in [1.807, 2.05) is 18.2 Å². The summed E-state index contributed by atoms with van der Waals surface area (Å²) in [7, 11) is 1.65. The molecule has 1 atom stereocenters. The highest BCUT2D eigenvalue weighted by Crippen LogP contribution is 2.35. The summed E-state index contributed by atoms with van der Waals surface area (Å²) in [5.74, 6) is 1.62. The lowest BCUT2D eigenvalue weighted by Crippen LogP contribution is -2.11. The Labute approximate surface area is 122 Å². The van der Waals surface area contributed by atoms with Gasteiger partial charge in [-0.3, -0.25) is 0 Å².